The maximum Gasteiger partial charge on any atom is 0.308 e. The van der Waals surface area contributed by atoms with Gasteiger partial charge in [0, 0.05) is 115 Å². The minimum atomic E-state index is -3.42. The van der Waals surface area contributed by atoms with Crippen molar-refractivity contribution < 1.29 is 153 Å². The quantitative estimate of drug-likeness (QED) is 0.0716. The van der Waals surface area contributed by atoms with Crippen LogP contribution in [0.3, 0.4) is 0 Å². The van der Waals surface area contributed by atoms with E-state index in [0.29, 0.717) is 70.6 Å². The number of aliphatic hydroxyl groups excluding tert-OH is 4. The van der Waals surface area contributed by atoms with Crippen molar-refractivity contribution in [3.63, 3.8) is 0 Å². The number of esters is 1. The number of carbonyl (C=O) groups excluding carboxylic acids is 2. The van der Waals surface area contributed by atoms with E-state index in [1.165, 1.54) is 0 Å². The van der Waals surface area contributed by atoms with Crippen LogP contribution in [0.1, 0.15) is 240 Å². The molecule has 34 heteroatoms. The first-order valence-corrected chi connectivity index (χ1v) is 54.3. The molecular weight excluding hydrogens is 1780 g/mol. The first-order chi connectivity index (χ1) is 65.2. The molecule has 7 N–H and O–H groups in total. The number of carbonyl (C=O) groups is 2. The molecule has 0 aromatic rings. The van der Waals surface area contributed by atoms with Crippen molar-refractivity contribution >= 4 is 21.6 Å². The molecule has 4 unspecified atom stereocenters. The largest absolute Gasteiger partial charge is 0.459 e. The Morgan fingerprint density at radius 3 is 1.52 bits per heavy atom. The van der Waals surface area contributed by atoms with Gasteiger partial charge in [-0.1, -0.05) is 60.9 Å². The van der Waals surface area contributed by atoms with Crippen LogP contribution >= 0.6 is 0 Å². The highest BCUT2D eigenvalue weighted by Crippen LogP contribution is 2.62. The van der Waals surface area contributed by atoms with Gasteiger partial charge in [-0.05, 0) is 161 Å². The third-order valence-electron chi connectivity index (χ3n) is 36.7. The number of fused-ring (bicyclic) bond motifs is 16. The lowest BCUT2D eigenvalue weighted by Gasteiger charge is -2.51. The van der Waals surface area contributed by atoms with Gasteiger partial charge in [0.25, 0.3) is 0 Å². The number of nitrogens with two attached hydrogens (primary N) is 1. The second-order valence-electron chi connectivity index (χ2n) is 46.4. The van der Waals surface area contributed by atoms with Crippen molar-refractivity contribution in [3.8, 4) is 0 Å². The van der Waals surface area contributed by atoms with Crippen LogP contribution < -0.4 is 5.90 Å². The Balaban J connectivity index is 0.000000165. The van der Waals surface area contributed by atoms with Gasteiger partial charge in [0.1, 0.15) is 82.8 Å². The van der Waals surface area contributed by atoms with E-state index in [1.54, 1.807) is 7.11 Å². The number of ether oxygens (including phenoxy) is 23. The van der Waals surface area contributed by atoms with Gasteiger partial charge in [-0.2, -0.15) is 0 Å². The molecule has 136 heavy (non-hydrogen) atoms. The fourth-order valence-electron chi connectivity index (χ4n) is 30.6. The van der Waals surface area contributed by atoms with Crippen LogP contribution in [0, 0.1) is 41.4 Å². The van der Waals surface area contributed by atoms with E-state index in [-0.39, 0.29) is 268 Å². The summed E-state index contributed by atoms with van der Waals surface area (Å²) in [5.74, 6) is 0.945. The van der Waals surface area contributed by atoms with Crippen molar-refractivity contribution in [2.75, 3.05) is 25.7 Å². The predicted octanol–water partition coefficient (Wildman–Crippen LogP) is 8.45. The van der Waals surface area contributed by atoms with Crippen LogP contribution in [0.4, 0.5) is 0 Å². The third-order valence-corrected chi connectivity index (χ3v) is 37.7. The summed E-state index contributed by atoms with van der Waals surface area (Å²) in [4.78, 5) is 28.7. The Bertz CT molecular complexity index is 4490. The second kappa shape index (κ2) is 38.3. The van der Waals surface area contributed by atoms with E-state index >= 15 is 0 Å². The third kappa shape index (κ3) is 18.7. The molecule has 26 fully saturated rings. The molecule has 25 heterocycles. The molecule has 1 aliphatic carbocycles. The average Bonchev–Trinajstić information content (AvgIpc) is 1.54. The Morgan fingerprint density at radius 1 is 0.419 bits per heavy atom. The van der Waals surface area contributed by atoms with Gasteiger partial charge in [-0.3, -0.25) is 9.59 Å². The van der Waals surface area contributed by atoms with Gasteiger partial charge >= 0.3 is 5.97 Å². The molecule has 4 spiro atoms. The highest BCUT2D eigenvalue weighted by atomic mass is 32.2. The Labute approximate surface area is 799 Å². The minimum Gasteiger partial charge on any atom is -0.459 e. The summed E-state index contributed by atoms with van der Waals surface area (Å²) >= 11 is 0. The molecule has 0 radical (unpaired) electrons. The normalized spacial score (nSPS) is 53.7. The number of methoxy groups -OCH3 is 1. The van der Waals surface area contributed by atoms with E-state index < -0.39 is 107 Å². The first-order valence-electron chi connectivity index (χ1n) is 52.2. The van der Waals surface area contributed by atoms with Crippen molar-refractivity contribution in [1.82, 2.24) is 0 Å². The summed E-state index contributed by atoms with van der Waals surface area (Å²) < 4.78 is 181. The summed E-state index contributed by atoms with van der Waals surface area (Å²) in [5, 5.41) is 47.7. The number of hydrogen-bond donors (Lipinski definition) is 6. The van der Waals surface area contributed by atoms with Crippen LogP contribution in [0.2, 0.25) is 0 Å². The zero-order chi connectivity index (χ0) is 94.4. The SMILES string of the molecule is C=C1C[C@@H]2CC[C@@]34C[C@H]5O[C@H]6[C@@H](O3)[C@H]3O[C@H](CC[C@@H]3O[C@H]6[C@H]5O4)CC(=O)C[C@@H]3[C@@H](OC)[C@@H](C[C@H](O)CS(C)(=O)=O)O[C@H]3CC3O[C@@H](CCC1O2)C[C@@H](C)C3=C.C=C1C[C@@H]2CC[C@@]34C[C@H]5O[C@H]6[C@@H](O3)[C@H]3O[C@H](CC[C@@H]3O[C@H]6[C@H]5O4)CC(=O)O[C@@H]3[C@@H](C)[C@@H]4O[C@@H]5C[C@]6(C[C@@H]7C[C@@]8(C[C@H](C)[C@@H]7O6)C[C@H](C)[C@@H]6O[C@H]([C@H](O)C[C@H](O)CO)C[C@@H]6O8)O[C@@H]5C[C@@H]4O[C@H]3CC3O[C@@H](CCC1O2)C[C@@H](C)C3=C.NO. The molecule has 33 nitrogen and oxygen atoms in total. The monoisotopic (exact) mass is 1930 g/mol. The lowest BCUT2D eigenvalue weighted by Crippen LogP contribution is -2.62. The van der Waals surface area contributed by atoms with Crippen LogP contribution in [-0.4, -0.2) is 339 Å². The number of hydrogen-bond acceptors (Lipinski definition) is 33. The van der Waals surface area contributed by atoms with Crippen molar-refractivity contribution in [2.24, 2.45) is 47.3 Å². The maximum absolute atomic E-state index is 14.6. The van der Waals surface area contributed by atoms with Gasteiger partial charge in [-0.25, -0.2) is 14.3 Å². The van der Waals surface area contributed by atoms with Crippen LogP contribution in [-0.2, 0) is 128 Å². The van der Waals surface area contributed by atoms with E-state index in [4.69, 9.17) is 114 Å². The van der Waals surface area contributed by atoms with E-state index in [9.17, 15) is 38.4 Å². The van der Waals surface area contributed by atoms with Gasteiger partial charge in [0.05, 0.1) is 201 Å². The molecule has 762 valence electrons. The molecule has 0 aromatic carbocycles. The fraction of sp³-hybridized carbons (Fsp3) is 0.902. The smallest absolute Gasteiger partial charge is 0.308 e. The van der Waals surface area contributed by atoms with Gasteiger partial charge in [-0.15, -0.1) is 0 Å². The van der Waals surface area contributed by atoms with Crippen molar-refractivity contribution in [3.05, 3.63) is 48.6 Å². The highest BCUT2D eigenvalue weighted by Gasteiger charge is 2.73. The van der Waals surface area contributed by atoms with Gasteiger partial charge in [0.15, 0.2) is 17.4 Å². The highest BCUT2D eigenvalue weighted by molar-refractivity contribution is 7.90. The zero-order valence-electron chi connectivity index (χ0n) is 80.2. The summed E-state index contributed by atoms with van der Waals surface area (Å²) in [5.41, 5.74) is 3.93. The van der Waals surface area contributed by atoms with E-state index in [0.717, 1.165) is 131 Å². The first kappa shape index (κ1) is 97.6. The standard InChI is InChI=1S/C61H88O18.C41H60O13S.H3NO/c1-27-13-35-7-9-39-28(2)14-37(66-39)11-12-60-25-48-55(78-60)56-57(73-48)58(79-60)54-40(70-56)10-8-36(68-54)16-49(65)74-53-32(6)52-45(69-44(53)17-41(67-35)31(27)5)19-43-47(72-52)24-61(76-43)23-33-22-59(20-29(3)50(33)77-61)21-30(4)51-46(75-59)18-42(71-51)38(64)15-34(63)26-62;1-20-12-25-6-8-29-21(2)13-27(47-29)10-11-41-18-34-37(53-41)38-39(52-34)40(54-41)36-30(51-38)9-7-26(49-36)14-23(42)15-28-32(17-31(48-25)22(20)3)50-33(35(28)46-4)16-24(43)19-55(5,44)45;1-2/h27,29-30,32-48,50-58,62-64H,2,5,7-26H2,1,3-4,6H3;20,24-40,43H,2-3,6-19H2,1,4-5H3;2H,1H2/t27-,29+,30+,32+,33+,34+,35+,36-,37+,38-,39?,40+,41?,42+,43-,44+,45+,46+,47-,48-,50+,51+,52+,53-,54+,55+,56+,57-,58+,59-,60+,61-;20-,24+,25+,26-,27+,28+,29?,30+,31?,32+,33-,34-,35-,36+,37+,38+,39-,40+,41+;/m11./s1. The van der Waals surface area contributed by atoms with Crippen molar-refractivity contribution in [1.29, 1.82) is 0 Å². The lowest BCUT2D eigenvalue weighted by atomic mass is 9.66. The van der Waals surface area contributed by atoms with Gasteiger partial charge < -0.3 is 135 Å². The summed E-state index contributed by atoms with van der Waals surface area (Å²) in [6, 6.07) is 0. The van der Waals surface area contributed by atoms with Crippen LogP contribution in [0.25, 0.3) is 0 Å². The summed E-state index contributed by atoms with van der Waals surface area (Å²) in [6.45, 7) is 28.7. The molecule has 51 atom stereocenters. The number of aliphatic hydroxyl groups is 4. The van der Waals surface area contributed by atoms with Crippen molar-refractivity contribution in [2.45, 2.75) is 507 Å². The molecule has 25 saturated heterocycles. The van der Waals surface area contributed by atoms with E-state index in [2.05, 4.69) is 66.8 Å². The van der Waals surface area contributed by atoms with Crippen LogP contribution in [0.5, 0.6) is 0 Å². The van der Waals surface area contributed by atoms with Crippen LogP contribution in [0.15, 0.2) is 48.6 Å². The molecule has 26 rings (SSSR count). The second-order valence-corrected chi connectivity index (χ2v) is 48.6. The zero-order valence-corrected chi connectivity index (χ0v) is 81.1. The summed E-state index contributed by atoms with van der Waals surface area (Å²) in [7, 11) is -1.84. The molecule has 25 aliphatic heterocycles. The minimum absolute atomic E-state index is 0.00901. The van der Waals surface area contributed by atoms with Gasteiger partial charge in [0.2, 0.25) is 0 Å². The Hall–Kier alpha value is -3.07. The Morgan fingerprint density at radius 2 is 0.934 bits per heavy atom. The number of sulfone groups is 1. The maximum atomic E-state index is 14.6. The fourth-order valence-corrected chi connectivity index (χ4v) is 31.4. The lowest BCUT2D eigenvalue weighted by molar-refractivity contribution is -0.293. The molecule has 1 saturated carbocycles. The molecule has 26 aliphatic rings. The number of ketones is 1. The molecule has 0 aromatic heterocycles. The topological polar surface area (TPSA) is 408 Å². The predicted molar refractivity (Wildman–Crippen MR) is 480 cm³/mol. The molecule has 0 amide bonds. The molecular formula is C102H151NO32S. The summed E-state index contributed by atoms with van der Waals surface area (Å²) in [6.07, 6.45) is 8.86. The van der Waals surface area contributed by atoms with E-state index in [1.807, 2.05) is 0 Å². The molecule has 24 bridgehead atoms. The Kier molecular flexibility index (Phi) is 27.5. The number of Topliss-reactive ketones (excluding diaryl/α,β-unsaturated/α-hetero) is 1. The average molecular weight is 1940 g/mol. The number of rotatable bonds is 9.